The maximum absolute atomic E-state index is 11.5. The quantitative estimate of drug-likeness (QED) is 0.667. The average Bonchev–Trinajstić information content (AvgIpc) is 2.44. The molecule has 0 unspecified atom stereocenters. The first-order valence-corrected chi connectivity index (χ1v) is 8.15. The molecule has 1 saturated heterocycles. The summed E-state index contributed by atoms with van der Waals surface area (Å²) in [6.07, 6.45) is 2.48. The van der Waals surface area contributed by atoms with Crippen LogP contribution in [0.5, 0.6) is 0 Å². The molecule has 0 N–H and O–H groups in total. The Kier molecular flexibility index (Phi) is 7.02. The van der Waals surface area contributed by atoms with E-state index < -0.39 is 0 Å². The standard InChI is InChI=1S/C17H31NO5/c1-16(2)11-13(23-10-8-15(20)22-6)12-17(3,4)18(16)9-7-14(19)21-5/h13H,7-12H2,1-6H3. The number of likely N-dealkylation sites (tertiary alicyclic amines) is 1. The van der Waals surface area contributed by atoms with E-state index in [-0.39, 0.29) is 35.5 Å². The molecule has 1 heterocycles. The summed E-state index contributed by atoms with van der Waals surface area (Å²) >= 11 is 0. The van der Waals surface area contributed by atoms with Crippen molar-refractivity contribution < 1.29 is 23.8 Å². The number of carbonyl (C=O) groups is 2. The van der Waals surface area contributed by atoms with E-state index in [1.54, 1.807) is 0 Å². The van der Waals surface area contributed by atoms with Crippen molar-refractivity contribution in [3.05, 3.63) is 0 Å². The van der Waals surface area contributed by atoms with Gasteiger partial charge >= 0.3 is 11.9 Å². The zero-order valence-corrected chi connectivity index (χ0v) is 15.3. The third-order valence-corrected chi connectivity index (χ3v) is 4.57. The third kappa shape index (κ3) is 5.77. The molecule has 6 heteroatoms. The van der Waals surface area contributed by atoms with Crippen molar-refractivity contribution in [3.63, 3.8) is 0 Å². The lowest BCUT2D eigenvalue weighted by atomic mass is 9.78. The number of hydrogen-bond acceptors (Lipinski definition) is 6. The van der Waals surface area contributed by atoms with Crippen molar-refractivity contribution in [2.45, 2.75) is 70.6 Å². The molecule has 0 amide bonds. The molecule has 0 spiro atoms. The molecule has 0 bridgehead atoms. The van der Waals surface area contributed by atoms with Gasteiger partial charge < -0.3 is 14.2 Å². The van der Waals surface area contributed by atoms with Crippen LogP contribution in [-0.2, 0) is 23.8 Å². The Balaban J connectivity index is 2.63. The van der Waals surface area contributed by atoms with Gasteiger partial charge in [-0.1, -0.05) is 0 Å². The molecule has 0 saturated carbocycles. The number of carbonyl (C=O) groups excluding carboxylic acids is 2. The van der Waals surface area contributed by atoms with Gasteiger partial charge in [-0.3, -0.25) is 14.5 Å². The predicted molar refractivity (Wildman–Crippen MR) is 87.1 cm³/mol. The van der Waals surface area contributed by atoms with Gasteiger partial charge in [0.2, 0.25) is 0 Å². The van der Waals surface area contributed by atoms with Crippen LogP contribution in [0.15, 0.2) is 0 Å². The minimum atomic E-state index is -0.251. The summed E-state index contributed by atoms with van der Waals surface area (Å²) in [6, 6.07) is 0. The second-order valence-corrected chi connectivity index (χ2v) is 7.33. The Morgan fingerprint density at radius 3 is 1.91 bits per heavy atom. The minimum Gasteiger partial charge on any atom is -0.469 e. The first kappa shape index (κ1) is 19.9. The van der Waals surface area contributed by atoms with E-state index >= 15 is 0 Å². The van der Waals surface area contributed by atoms with Crippen molar-refractivity contribution in [1.82, 2.24) is 4.90 Å². The molecular formula is C17H31NO5. The molecule has 1 aliphatic rings. The summed E-state index contributed by atoms with van der Waals surface area (Å²) in [7, 11) is 2.80. The normalized spacial score (nSPS) is 21.0. The number of methoxy groups -OCH3 is 2. The Morgan fingerprint density at radius 2 is 1.43 bits per heavy atom. The lowest BCUT2D eigenvalue weighted by Crippen LogP contribution is -2.62. The van der Waals surface area contributed by atoms with E-state index in [4.69, 9.17) is 9.47 Å². The molecule has 0 aliphatic carbocycles. The zero-order valence-electron chi connectivity index (χ0n) is 15.3. The highest BCUT2D eigenvalue weighted by molar-refractivity contribution is 5.69. The topological polar surface area (TPSA) is 65.1 Å². The highest BCUT2D eigenvalue weighted by Crippen LogP contribution is 2.39. The van der Waals surface area contributed by atoms with Crippen molar-refractivity contribution in [2.75, 3.05) is 27.4 Å². The predicted octanol–water partition coefficient (Wildman–Crippen LogP) is 2.15. The maximum Gasteiger partial charge on any atom is 0.307 e. The molecule has 1 fully saturated rings. The van der Waals surface area contributed by atoms with Gasteiger partial charge in [0.15, 0.2) is 0 Å². The first-order valence-electron chi connectivity index (χ1n) is 8.15. The number of esters is 2. The van der Waals surface area contributed by atoms with Crippen LogP contribution in [-0.4, -0.2) is 61.4 Å². The minimum absolute atomic E-state index is 0.0916. The Bertz CT molecular complexity index is 401. The van der Waals surface area contributed by atoms with Crippen molar-refractivity contribution in [1.29, 1.82) is 0 Å². The van der Waals surface area contributed by atoms with E-state index in [1.807, 2.05) is 0 Å². The summed E-state index contributed by atoms with van der Waals surface area (Å²) in [5.74, 6) is -0.438. The second-order valence-electron chi connectivity index (χ2n) is 7.33. The fourth-order valence-electron chi connectivity index (χ4n) is 3.67. The van der Waals surface area contributed by atoms with E-state index in [0.29, 0.717) is 19.6 Å². The van der Waals surface area contributed by atoms with Crippen LogP contribution >= 0.6 is 0 Å². The van der Waals surface area contributed by atoms with E-state index in [0.717, 1.165) is 12.8 Å². The van der Waals surface area contributed by atoms with Crippen molar-refractivity contribution in [3.8, 4) is 0 Å². The van der Waals surface area contributed by atoms with Gasteiger partial charge in [-0.05, 0) is 40.5 Å². The monoisotopic (exact) mass is 329 g/mol. The smallest absolute Gasteiger partial charge is 0.307 e. The van der Waals surface area contributed by atoms with Crippen LogP contribution < -0.4 is 0 Å². The fraction of sp³-hybridized carbons (Fsp3) is 0.882. The van der Waals surface area contributed by atoms with Crippen LogP contribution in [0.1, 0.15) is 53.4 Å². The molecule has 0 atom stereocenters. The summed E-state index contributed by atoms with van der Waals surface area (Å²) in [5.41, 5.74) is -0.183. The van der Waals surface area contributed by atoms with Crippen LogP contribution in [0.4, 0.5) is 0 Å². The van der Waals surface area contributed by atoms with Gasteiger partial charge in [0, 0.05) is 17.6 Å². The van der Waals surface area contributed by atoms with E-state index in [2.05, 4.69) is 37.3 Å². The summed E-state index contributed by atoms with van der Waals surface area (Å²) < 4.78 is 15.3. The average molecular weight is 329 g/mol. The molecule has 1 aliphatic heterocycles. The molecule has 6 nitrogen and oxygen atoms in total. The molecule has 1 rings (SSSR count). The van der Waals surface area contributed by atoms with Crippen LogP contribution in [0.2, 0.25) is 0 Å². The zero-order chi connectivity index (χ0) is 17.7. The number of ether oxygens (including phenoxy) is 3. The SMILES string of the molecule is COC(=O)CCOC1CC(C)(C)N(CCC(=O)OC)C(C)(C)C1. The number of nitrogens with zero attached hydrogens (tertiary/aromatic N) is 1. The van der Waals surface area contributed by atoms with Crippen LogP contribution in [0.25, 0.3) is 0 Å². The molecule has 0 aromatic heterocycles. The van der Waals surface area contributed by atoms with Crippen LogP contribution in [0, 0.1) is 0 Å². The molecule has 0 aromatic carbocycles. The highest BCUT2D eigenvalue weighted by atomic mass is 16.5. The number of rotatable bonds is 7. The molecule has 0 radical (unpaired) electrons. The fourth-order valence-corrected chi connectivity index (χ4v) is 3.67. The number of piperidine rings is 1. The largest absolute Gasteiger partial charge is 0.469 e. The Hall–Kier alpha value is -1.14. The Morgan fingerprint density at radius 1 is 0.957 bits per heavy atom. The van der Waals surface area contributed by atoms with E-state index in [1.165, 1.54) is 14.2 Å². The van der Waals surface area contributed by atoms with Gasteiger partial charge in [-0.2, -0.15) is 0 Å². The van der Waals surface area contributed by atoms with Gasteiger partial charge in [0.25, 0.3) is 0 Å². The summed E-state index contributed by atoms with van der Waals surface area (Å²) in [4.78, 5) is 25.0. The van der Waals surface area contributed by atoms with Gasteiger partial charge in [0.05, 0.1) is 39.8 Å². The first-order chi connectivity index (χ1) is 10.6. The molecule has 134 valence electrons. The highest BCUT2D eigenvalue weighted by Gasteiger charge is 2.45. The summed E-state index contributed by atoms with van der Waals surface area (Å²) in [5, 5.41) is 0. The molecule has 0 aromatic rings. The van der Waals surface area contributed by atoms with Gasteiger partial charge in [-0.25, -0.2) is 0 Å². The molecular weight excluding hydrogens is 298 g/mol. The van der Waals surface area contributed by atoms with Gasteiger partial charge in [0.1, 0.15) is 0 Å². The Labute approximate surface area is 139 Å². The third-order valence-electron chi connectivity index (χ3n) is 4.57. The molecule has 23 heavy (non-hydrogen) atoms. The van der Waals surface area contributed by atoms with Crippen molar-refractivity contribution in [2.24, 2.45) is 0 Å². The van der Waals surface area contributed by atoms with Gasteiger partial charge in [-0.15, -0.1) is 0 Å². The van der Waals surface area contributed by atoms with Crippen molar-refractivity contribution >= 4 is 11.9 Å². The van der Waals surface area contributed by atoms with E-state index in [9.17, 15) is 9.59 Å². The second kappa shape index (κ2) is 8.11. The lowest BCUT2D eigenvalue weighted by molar-refractivity contribution is -0.145. The maximum atomic E-state index is 11.5. The lowest BCUT2D eigenvalue weighted by Gasteiger charge is -2.55. The summed E-state index contributed by atoms with van der Waals surface area (Å²) in [6.45, 7) is 9.72. The van der Waals surface area contributed by atoms with Crippen LogP contribution in [0.3, 0.4) is 0 Å². The number of hydrogen-bond donors (Lipinski definition) is 0.